The number of carbonyl (C=O) groups is 2. The van der Waals surface area contributed by atoms with Crippen LogP contribution in [0.5, 0.6) is 0 Å². The summed E-state index contributed by atoms with van der Waals surface area (Å²) < 4.78 is 0. The molecule has 1 aromatic carbocycles. The summed E-state index contributed by atoms with van der Waals surface area (Å²) in [6.07, 6.45) is 0. The van der Waals surface area contributed by atoms with Crippen LogP contribution in [0.3, 0.4) is 0 Å². The summed E-state index contributed by atoms with van der Waals surface area (Å²) >= 11 is 1.59. The van der Waals surface area contributed by atoms with Gasteiger partial charge in [-0.1, -0.05) is 29.8 Å². The predicted molar refractivity (Wildman–Crippen MR) is 79.0 cm³/mol. The number of amides is 2. The molecule has 0 saturated heterocycles. The van der Waals surface area contributed by atoms with E-state index in [-0.39, 0.29) is 11.8 Å². The van der Waals surface area contributed by atoms with Crippen molar-refractivity contribution in [3.8, 4) is 0 Å². The second-order valence-electron chi connectivity index (χ2n) is 4.31. The third-order valence-corrected chi connectivity index (χ3v) is 3.45. The molecule has 0 aliphatic heterocycles. The summed E-state index contributed by atoms with van der Waals surface area (Å²) in [4.78, 5) is 22.1. The van der Waals surface area contributed by atoms with E-state index in [4.69, 9.17) is 0 Å². The smallest absolute Gasteiger partial charge is 0.230 e. The molecule has 0 spiro atoms. The molecular formula is C14H20N2O2S. The minimum Gasteiger partial charge on any atom is -0.355 e. The van der Waals surface area contributed by atoms with Crippen molar-refractivity contribution >= 4 is 23.6 Å². The van der Waals surface area contributed by atoms with Gasteiger partial charge in [0.05, 0.1) is 5.75 Å². The van der Waals surface area contributed by atoms with Gasteiger partial charge in [0, 0.05) is 25.8 Å². The monoisotopic (exact) mass is 280 g/mol. The van der Waals surface area contributed by atoms with Crippen molar-refractivity contribution in [2.24, 2.45) is 0 Å². The number of thioether (sulfide) groups is 1. The second-order valence-corrected chi connectivity index (χ2v) is 5.30. The number of benzene rings is 1. The quantitative estimate of drug-likeness (QED) is 0.744. The maximum absolute atomic E-state index is 11.5. The molecule has 2 N–H and O–H groups in total. The average molecular weight is 280 g/mol. The van der Waals surface area contributed by atoms with E-state index in [2.05, 4.69) is 41.8 Å². The minimum atomic E-state index is -0.0806. The predicted octanol–water partition coefficient (Wildman–Crippen LogP) is 1.48. The van der Waals surface area contributed by atoms with Crippen LogP contribution >= 0.6 is 11.8 Å². The van der Waals surface area contributed by atoms with E-state index in [1.54, 1.807) is 11.8 Å². The highest BCUT2D eigenvalue weighted by Gasteiger charge is 2.01. The third kappa shape index (κ3) is 7.51. The van der Waals surface area contributed by atoms with Crippen LogP contribution in [0.15, 0.2) is 24.3 Å². The molecule has 5 heteroatoms. The first-order chi connectivity index (χ1) is 9.08. The normalized spacial score (nSPS) is 10.0. The molecule has 19 heavy (non-hydrogen) atoms. The fourth-order valence-corrected chi connectivity index (χ4v) is 2.26. The Morgan fingerprint density at radius 3 is 2.37 bits per heavy atom. The molecular weight excluding hydrogens is 260 g/mol. The Morgan fingerprint density at radius 2 is 1.74 bits per heavy atom. The van der Waals surface area contributed by atoms with Gasteiger partial charge in [0.1, 0.15) is 0 Å². The first-order valence-corrected chi connectivity index (χ1v) is 7.38. The fourth-order valence-electron chi connectivity index (χ4n) is 1.44. The van der Waals surface area contributed by atoms with E-state index < -0.39 is 0 Å². The SMILES string of the molecule is CC(=O)NCCNC(=O)CSCc1ccc(C)cc1. The van der Waals surface area contributed by atoms with Gasteiger partial charge in [-0.15, -0.1) is 11.8 Å². The average Bonchev–Trinajstić information content (AvgIpc) is 2.37. The Labute approximate surface area is 118 Å². The third-order valence-electron chi connectivity index (χ3n) is 2.44. The molecule has 0 aliphatic carbocycles. The van der Waals surface area contributed by atoms with Crippen LogP contribution in [0.1, 0.15) is 18.1 Å². The van der Waals surface area contributed by atoms with Crippen molar-refractivity contribution in [1.82, 2.24) is 10.6 Å². The van der Waals surface area contributed by atoms with Gasteiger partial charge in [-0.05, 0) is 12.5 Å². The first-order valence-electron chi connectivity index (χ1n) is 6.22. The molecule has 0 unspecified atom stereocenters. The van der Waals surface area contributed by atoms with Crippen LogP contribution in [0.4, 0.5) is 0 Å². The molecule has 4 nitrogen and oxygen atoms in total. The molecule has 104 valence electrons. The summed E-state index contributed by atoms with van der Waals surface area (Å²) in [5, 5.41) is 5.39. The van der Waals surface area contributed by atoms with E-state index >= 15 is 0 Å². The topological polar surface area (TPSA) is 58.2 Å². The van der Waals surface area contributed by atoms with Crippen LogP contribution in [0, 0.1) is 6.92 Å². The van der Waals surface area contributed by atoms with Crippen molar-refractivity contribution in [3.63, 3.8) is 0 Å². The van der Waals surface area contributed by atoms with Crippen molar-refractivity contribution in [2.45, 2.75) is 19.6 Å². The molecule has 0 aromatic heterocycles. The van der Waals surface area contributed by atoms with Crippen molar-refractivity contribution in [2.75, 3.05) is 18.8 Å². The van der Waals surface area contributed by atoms with Gasteiger partial charge in [-0.25, -0.2) is 0 Å². The van der Waals surface area contributed by atoms with Gasteiger partial charge in [0.2, 0.25) is 11.8 Å². The Kier molecular flexibility index (Phi) is 7.03. The van der Waals surface area contributed by atoms with E-state index in [1.165, 1.54) is 18.1 Å². The van der Waals surface area contributed by atoms with Crippen LogP contribution in [-0.4, -0.2) is 30.7 Å². The maximum atomic E-state index is 11.5. The zero-order valence-corrected chi connectivity index (χ0v) is 12.2. The molecule has 0 radical (unpaired) electrons. The highest BCUT2D eigenvalue weighted by atomic mass is 32.2. The van der Waals surface area contributed by atoms with E-state index in [0.29, 0.717) is 18.8 Å². The summed E-state index contributed by atoms with van der Waals surface area (Å²) in [6, 6.07) is 8.31. The Bertz CT molecular complexity index is 418. The highest BCUT2D eigenvalue weighted by Crippen LogP contribution is 2.12. The lowest BCUT2D eigenvalue weighted by Crippen LogP contribution is -2.34. The first kappa shape index (κ1) is 15.6. The number of rotatable bonds is 7. The van der Waals surface area contributed by atoms with E-state index in [9.17, 15) is 9.59 Å². The molecule has 0 aliphatic rings. The maximum Gasteiger partial charge on any atom is 0.230 e. The van der Waals surface area contributed by atoms with Gasteiger partial charge in [0.25, 0.3) is 0 Å². The minimum absolute atomic E-state index is 0.00228. The van der Waals surface area contributed by atoms with Crippen molar-refractivity contribution in [3.05, 3.63) is 35.4 Å². The lowest BCUT2D eigenvalue weighted by Gasteiger charge is -2.06. The Balaban J connectivity index is 2.10. The van der Waals surface area contributed by atoms with Crippen molar-refractivity contribution < 1.29 is 9.59 Å². The van der Waals surface area contributed by atoms with E-state index in [0.717, 1.165) is 5.75 Å². The molecule has 1 aromatic rings. The largest absolute Gasteiger partial charge is 0.355 e. The second kappa shape index (κ2) is 8.58. The number of aryl methyl sites for hydroxylation is 1. The molecule has 1 rings (SSSR count). The molecule has 0 atom stereocenters. The summed E-state index contributed by atoms with van der Waals surface area (Å²) in [6.45, 7) is 4.46. The summed E-state index contributed by atoms with van der Waals surface area (Å²) in [7, 11) is 0. The number of carbonyl (C=O) groups excluding carboxylic acids is 2. The number of hydrogen-bond donors (Lipinski definition) is 2. The van der Waals surface area contributed by atoms with Gasteiger partial charge >= 0.3 is 0 Å². The van der Waals surface area contributed by atoms with E-state index in [1.807, 2.05) is 0 Å². The van der Waals surface area contributed by atoms with Gasteiger partial charge in [-0.2, -0.15) is 0 Å². The number of hydrogen-bond acceptors (Lipinski definition) is 3. The van der Waals surface area contributed by atoms with Gasteiger partial charge < -0.3 is 10.6 Å². The van der Waals surface area contributed by atoms with Gasteiger partial charge in [0.15, 0.2) is 0 Å². The standard InChI is InChI=1S/C14H20N2O2S/c1-11-3-5-13(6-4-11)9-19-10-14(18)16-8-7-15-12(2)17/h3-6H,7-10H2,1-2H3,(H,15,17)(H,16,18). The molecule has 0 heterocycles. The zero-order chi connectivity index (χ0) is 14.1. The Hall–Kier alpha value is -1.49. The summed E-state index contributed by atoms with van der Waals surface area (Å²) in [5.74, 6) is 1.19. The lowest BCUT2D eigenvalue weighted by molar-refractivity contribution is -0.120. The molecule has 2 amide bonds. The molecule has 0 fully saturated rings. The summed E-state index contributed by atoms with van der Waals surface area (Å²) in [5.41, 5.74) is 2.46. The lowest BCUT2D eigenvalue weighted by atomic mass is 10.2. The highest BCUT2D eigenvalue weighted by molar-refractivity contribution is 7.99. The fraction of sp³-hybridized carbons (Fsp3) is 0.429. The molecule has 0 bridgehead atoms. The van der Waals surface area contributed by atoms with Crippen LogP contribution in [0.2, 0.25) is 0 Å². The zero-order valence-electron chi connectivity index (χ0n) is 11.4. The van der Waals surface area contributed by atoms with Crippen LogP contribution in [-0.2, 0) is 15.3 Å². The molecule has 0 saturated carbocycles. The number of nitrogens with one attached hydrogen (secondary N) is 2. The van der Waals surface area contributed by atoms with Crippen molar-refractivity contribution in [1.29, 1.82) is 0 Å². The van der Waals surface area contributed by atoms with Crippen LogP contribution < -0.4 is 10.6 Å². The van der Waals surface area contributed by atoms with Crippen LogP contribution in [0.25, 0.3) is 0 Å². The van der Waals surface area contributed by atoms with Gasteiger partial charge in [-0.3, -0.25) is 9.59 Å². The Morgan fingerprint density at radius 1 is 1.11 bits per heavy atom.